The number of hydrogen-bond donors (Lipinski definition) is 1. The molecular formula is C10H17F3O3. The van der Waals surface area contributed by atoms with Gasteiger partial charge in [0.15, 0.2) is 0 Å². The highest BCUT2D eigenvalue weighted by molar-refractivity contribution is 5.78. The first-order chi connectivity index (χ1) is 7.17. The summed E-state index contributed by atoms with van der Waals surface area (Å²) in [6, 6.07) is 0. The molecule has 0 heterocycles. The van der Waals surface area contributed by atoms with E-state index in [2.05, 4.69) is 4.74 Å². The van der Waals surface area contributed by atoms with Gasteiger partial charge in [0.25, 0.3) is 5.60 Å². The fourth-order valence-electron chi connectivity index (χ4n) is 1.25. The Morgan fingerprint density at radius 1 is 1.38 bits per heavy atom. The first-order valence-corrected chi connectivity index (χ1v) is 5.11. The fraction of sp³-hybridized carbons (Fsp3) is 0.900. The molecule has 0 aliphatic heterocycles. The maximum Gasteiger partial charge on any atom is 0.428 e. The number of carboxylic acids is 1. The van der Waals surface area contributed by atoms with Crippen LogP contribution >= 0.6 is 0 Å². The molecule has 0 saturated carbocycles. The molecule has 0 spiro atoms. The lowest BCUT2D eigenvalue weighted by Crippen LogP contribution is -2.54. The minimum absolute atomic E-state index is 0.0872. The van der Waals surface area contributed by atoms with E-state index in [0.29, 0.717) is 0 Å². The van der Waals surface area contributed by atoms with Crippen molar-refractivity contribution in [3.05, 3.63) is 0 Å². The molecule has 0 saturated heterocycles. The van der Waals surface area contributed by atoms with E-state index < -0.39 is 24.2 Å². The third-order valence-electron chi connectivity index (χ3n) is 2.07. The van der Waals surface area contributed by atoms with Crippen LogP contribution in [0.15, 0.2) is 0 Å². The van der Waals surface area contributed by atoms with Crippen molar-refractivity contribution < 1.29 is 27.8 Å². The van der Waals surface area contributed by atoms with Crippen molar-refractivity contribution in [3.63, 3.8) is 0 Å². The van der Waals surface area contributed by atoms with Crippen LogP contribution in [0.1, 0.15) is 33.6 Å². The van der Waals surface area contributed by atoms with Crippen LogP contribution in [0.5, 0.6) is 0 Å². The van der Waals surface area contributed by atoms with Crippen LogP contribution in [0, 0.1) is 5.92 Å². The van der Waals surface area contributed by atoms with E-state index in [0.717, 1.165) is 0 Å². The monoisotopic (exact) mass is 242 g/mol. The highest BCUT2D eigenvalue weighted by Crippen LogP contribution is 2.38. The van der Waals surface area contributed by atoms with Gasteiger partial charge in [0.05, 0.1) is 6.61 Å². The number of rotatable bonds is 6. The van der Waals surface area contributed by atoms with Crippen LogP contribution in [0.3, 0.4) is 0 Å². The number of hydrogen-bond acceptors (Lipinski definition) is 2. The van der Waals surface area contributed by atoms with Gasteiger partial charge in [-0.05, 0) is 12.3 Å². The van der Waals surface area contributed by atoms with Crippen LogP contribution in [-0.2, 0) is 9.53 Å². The van der Waals surface area contributed by atoms with Gasteiger partial charge in [0.1, 0.15) is 0 Å². The minimum Gasteiger partial charge on any atom is -0.479 e. The second-order valence-corrected chi connectivity index (χ2v) is 4.08. The topological polar surface area (TPSA) is 46.5 Å². The van der Waals surface area contributed by atoms with Crippen molar-refractivity contribution >= 4 is 5.97 Å². The standard InChI is InChI=1S/C10H17F3O3/c1-4-5-9(8(14)15,10(11,12)13)16-6-7(2)3/h7H,4-6H2,1-3H3,(H,14,15). The van der Waals surface area contributed by atoms with Crippen molar-refractivity contribution in [2.24, 2.45) is 5.92 Å². The zero-order valence-corrected chi connectivity index (χ0v) is 9.60. The van der Waals surface area contributed by atoms with Gasteiger partial charge in [-0.1, -0.05) is 27.2 Å². The third-order valence-corrected chi connectivity index (χ3v) is 2.07. The molecule has 0 aromatic carbocycles. The molecule has 0 radical (unpaired) electrons. The smallest absolute Gasteiger partial charge is 0.428 e. The van der Waals surface area contributed by atoms with Gasteiger partial charge in [0, 0.05) is 0 Å². The summed E-state index contributed by atoms with van der Waals surface area (Å²) < 4.78 is 42.9. The molecule has 0 rings (SSSR count). The SMILES string of the molecule is CCCC(OCC(C)C)(C(=O)O)C(F)(F)F. The van der Waals surface area contributed by atoms with E-state index in [-0.39, 0.29) is 18.9 Å². The first-order valence-electron chi connectivity index (χ1n) is 5.11. The molecule has 0 aromatic heterocycles. The lowest BCUT2D eigenvalue weighted by atomic mass is 9.97. The van der Waals surface area contributed by atoms with E-state index >= 15 is 0 Å². The maximum absolute atomic E-state index is 12.8. The van der Waals surface area contributed by atoms with Crippen molar-refractivity contribution in [2.45, 2.75) is 45.4 Å². The summed E-state index contributed by atoms with van der Waals surface area (Å²) in [6.45, 7) is 4.58. The molecule has 96 valence electrons. The van der Waals surface area contributed by atoms with E-state index in [1.54, 1.807) is 13.8 Å². The van der Waals surface area contributed by atoms with Crippen LogP contribution in [0.4, 0.5) is 13.2 Å². The van der Waals surface area contributed by atoms with Gasteiger partial charge in [0.2, 0.25) is 0 Å². The van der Waals surface area contributed by atoms with E-state index in [1.807, 2.05) is 0 Å². The van der Waals surface area contributed by atoms with Gasteiger partial charge in [-0.2, -0.15) is 13.2 Å². The Morgan fingerprint density at radius 3 is 2.12 bits per heavy atom. The van der Waals surface area contributed by atoms with Crippen molar-refractivity contribution in [1.82, 2.24) is 0 Å². The normalized spacial score (nSPS) is 16.2. The van der Waals surface area contributed by atoms with Crippen LogP contribution in [0.2, 0.25) is 0 Å². The summed E-state index contributed by atoms with van der Waals surface area (Å²) in [5.41, 5.74) is -3.06. The Balaban J connectivity index is 5.03. The van der Waals surface area contributed by atoms with E-state index in [9.17, 15) is 18.0 Å². The largest absolute Gasteiger partial charge is 0.479 e. The predicted octanol–water partition coefficient (Wildman–Crippen LogP) is 2.84. The second-order valence-electron chi connectivity index (χ2n) is 4.08. The molecule has 1 unspecified atom stereocenters. The summed E-state index contributed by atoms with van der Waals surface area (Å²) in [7, 11) is 0. The molecule has 0 aliphatic rings. The summed E-state index contributed by atoms with van der Waals surface area (Å²) in [6.07, 6.45) is -5.38. The van der Waals surface area contributed by atoms with Gasteiger partial charge in [-0.15, -0.1) is 0 Å². The highest BCUT2D eigenvalue weighted by Gasteiger charge is 2.61. The Bertz CT molecular complexity index is 238. The zero-order chi connectivity index (χ0) is 13.0. The molecule has 0 aromatic rings. The zero-order valence-electron chi connectivity index (χ0n) is 9.60. The average Bonchev–Trinajstić information content (AvgIpc) is 2.09. The van der Waals surface area contributed by atoms with E-state index in [1.165, 1.54) is 6.92 Å². The van der Waals surface area contributed by atoms with Gasteiger partial charge >= 0.3 is 12.1 Å². The molecule has 1 atom stereocenters. The van der Waals surface area contributed by atoms with Crippen LogP contribution < -0.4 is 0 Å². The van der Waals surface area contributed by atoms with E-state index in [4.69, 9.17) is 5.11 Å². The number of aliphatic carboxylic acids is 1. The predicted molar refractivity (Wildman–Crippen MR) is 52.1 cm³/mol. The first kappa shape index (κ1) is 15.2. The second kappa shape index (κ2) is 5.52. The highest BCUT2D eigenvalue weighted by atomic mass is 19.4. The fourth-order valence-corrected chi connectivity index (χ4v) is 1.25. The Morgan fingerprint density at radius 2 is 1.88 bits per heavy atom. The molecule has 0 amide bonds. The van der Waals surface area contributed by atoms with Gasteiger partial charge in [-0.25, -0.2) is 4.79 Å². The molecule has 3 nitrogen and oxygen atoms in total. The van der Waals surface area contributed by atoms with Crippen molar-refractivity contribution in [3.8, 4) is 0 Å². The molecule has 0 fully saturated rings. The number of ether oxygens (including phenoxy) is 1. The molecule has 0 aliphatic carbocycles. The lowest BCUT2D eigenvalue weighted by Gasteiger charge is -2.32. The number of halogens is 3. The van der Waals surface area contributed by atoms with Crippen molar-refractivity contribution in [1.29, 1.82) is 0 Å². The Hall–Kier alpha value is -0.780. The van der Waals surface area contributed by atoms with Gasteiger partial charge < -0.3 is 9.84 Å². The number of carbonyl (C=O) groups is 1. The quantitative estimate of drug-likeness (QED) is 0.779. The summed E-state index contributed by atoms with van der Waals surface area (Å²) in [5.74, 6) is -2.12. The summed E-state index contributed by atoms with van der Waals surface area (Å²) in [5, 5.41) is 8.76. The molecular weight excluding hydrogens is 225 g/mol. The van der Waals surface area contributed by atoms with Crippen LogP contribution in [-0.4, -0.2) is 29.5 Å². The van der Waals surface area contributed by atoms with Crippen molar-refractivity contribution in [2.75, 3.05) is 6.61 Å². The summed E-state index contributed by atoms with van der Waals surface area (Å²) in [4.78, 5) is 10.8. The van der Waals surface area contributed by atoms with Gasteiger partial charge in [-0.3, -0.25) is 0 Å². The Labute approximate surface area is 92.6 Å². The molecule has 6 heteroatoms. The minimum atomic E-state index is -4.90. The average molecular weight is 242 g/mol. The Kier molecular flexibility index (Phi) is 5.25. The maximum atomic E-state index is 12.8. The summed E-state index contributed by atoms with van der Waals surface area (Å²) >= 11 is 0. The number of carboxylic acid groups (broad SMARTS) is 1. The van der Waals surface area contributed by atoms with Crippen LogP contribution in [0.25, 0.3) is 0 Å². The third kappa shape index (κ3) is 3.37. The molecule has 1 N–H and O–H groups in total. The molecule has 16 heavy (non-hydrogen) atoms. The number of alkyl halides is 3. The molecule has 0 bridgehead atoms. The lowest BCUT2D eigenvalue weighted by molar-refractivity contribution is -0.279.